The molecule has 212 valence electrons. The van der Waals surface area contributed by atoms with E-state index in [0.29, 0.717) is 47.4 Å². The van der Waals surface area contributed by atoms with E-state index < -0.39 is 5.79 Å². The Hall–Kier alpha value is -1.72. The summed E-state index contributed by atoms with van der Waals surface area (Å²) in [5.41, 5.74) is 0.473. The first kappa shape index (κ1) is 26.2. The maximum absolute atomic E-state index is 14.3. The van der Waals surface area contributed by atoms with Crippen molar-refractivity contribution in [2.24, 2.45) is 52.3 Å². The Bertz CT molecular complexity index is 1120. The first-order chi connectivity index (χ1) is 18.7. The molecule has 39 heavy (non-hydrogen) atoms. The lowest BCUT2D eigenvalue weighted by Crippen LogP contribution is -2.58. The van der Waals surface area contributed by atoms with Crippen LogP contribution in [-0.2, 0) is 19.0 Å². The van der Waals surface area contributed by atoms with Crippen LogP contribution < -0.4 is 0 Å². The van der Waals surface area contributed by atoms with Gasteiger partial charge in [0.15, 0.2) is 5.79 Å². The van der Waals surface area contributed by atoms with E-state index in [0.717, 1.165) is 45.1 Å². The number of esters is 1. The van der Waals surface area contributed by atoms with Crippen molar-refractivity contribution < 1.29 is 23.8 Å². The number of fused-ring (bicyclic) bond motifs is 7. The molecular formula is C34H46O5. The largest absolute Gasteiger partial charge is 0.459 e. The van der Waals surface area contributed by atoms with Crippen LogP contribution in [0.4, 0.5) is 0 Å². The van der Waals surface area contributed by atoms with Gasteiger partial charge in [-0.2, -0.15) is 0 Å². The Morgan fingerprint density at radius 3 is 2.51 bits per heavy atom. The molecule has 0 aromatic heterocycles. The zero-order valence-corrected chi connectivity index (χ0v) is 24.2. The molecule has 1 aromatic carbocycles. The highest BCUT2D eigenvalue weighted by Gasteiger charge is 2.71. The van der Waals surface area contributed by atoms with Crippen molar-refractivity contribution >= 4 is 11.8 Å². The summed E-state index contributed by atoms with van der Waals surface area (Å²) < 4.78 is 19.3. The van der Waals surface area contributed by atoms with Gasteiger partial charge in [-0.05, 0) is 92.1 Å². The van der Waals surface area contributed by atoms with E-state index in [1.165, 1.54) is 12.8 Å². The topological polar surface area (TPSA) is 61.8 Å². The first-order valence-electron chi connectivity index (χ1n) is 15.8. The number of hydrogen-bond donors (Lipinski definition) is 0. The molecule has 2 heterocycles. The maximum Gasteiger partial charge on any atom is 0.338 e. The van der Waals surface area contributed by atoms with Gasteiger partial charge < -0.3 is 14.2 Å². The molecule has 6 aliphatic rings. The maximum atomic E-state index is 14.3. The van der Waals surface area contributed by atoms with Crippen LogP contribution >= 0.6 is 0 Å². The lowest BCUT2D eigenvalue weighted by molar-refractivity contribution is -0.272. The summed E-state index contributed by atoms with van der Waals surface area (Å²) in [5.74, 6) is 2.84. The highest BCUT2D eigenvalue weighted by atomic mass is 16.7. The summed E-state index contributed by atoms with van der Waals surface area (Å²) in [5, 5.41) is 0. The Morgan fingerprint density at radius 1 is 0.974 bits per heavy atom. The highest BCUT2D eigenvalue weighted by Crippen LogP contribution is 2.70. The SMILES string of the molecule is C[C@@H]1CC[C@@]2(OC1)O[C@H]1C[C@@H]3[C@@H]4CC[C@H]5C[C@H](OC(=O)c6ccccc6)CC[C@]5(C)[C@@H]4CC(=O)[C@]3(C)[C@H]1[C@@H]2C. The molecule has 4 saturated carbocycles. The van der Waals surface area contributed by atoms with Crippen molar-refractivity contribution in [2.75, 3.05) is 6.61 Å². The zero-order valence-electron chi connectivity index (χ0n) is 24.2. The van der Waals surface area contributed by atoms with E-state index in [1.54, 1.807) is 0 Å². The van der Waals surface area contributed by atoms with Crippen molar-refractivity contribution in [2.45, 2.75) is 103 Å². The molecule has 0 bridgehead atoms. The fourth-order valence-electron chi connectivity index (χ4n) is 10.8. The van der Waals surface area contributed by atoms with Crippen molar-refractivity contribution in [3.05, 3.63) is 35.9 Å². The zero-order chi connectivity index (χ0) is 27.2. The number of ether oxygens (including phenoxy) is 3. The summed E-state index contributed by atoms with van der Waals surface area (Å²) in [7, 11) is 0. The van der Waals surface area contributed by atoms with E-state index in [4.69, 9.17) is 14.2 Å². The molecule has 5 nitrogen and oxygen atoms in total. The van der Waals surface area contributed by atoms with E-state index in [9.17, 15) is 9.59 Å². The minimum absolute atomic E-state index is 0.0219. The van der Waals surface area contributed by atoms with Crippen LogP contribution in [0.1, 0.15) is 95.8 Å². The Balaban J connectivity index is 1.08. The second-order valence-corrected chi connectivity index (χ2v) is 14.7. The lowest BCUT2D eigenvalue weighted by Gasteiger charge is -2.60. The molecule has 7 rings (SSSR count). The van der Waals surface area contributed by atoms with Crippen LogP contribution in [0.5, 0.6) is 0 Å². The van der Waals surface area contributed by atoms with Gasteiger partial charge in [0, 0.05) is 30.1 Å². The standard InChI is InChI=1S/C34H46O5/c1-20-12-15-34(37-19-20)21(2)30-28(39-34)17-27-25-11-10-23-16-24(38-31(36)22-8-6-5-7-9-22)13-14-32(23,3)26(25)18-29(35)33(27,30)4/h5-9,20-21,23-28,30H,10-19H2,1-4H3/t20-,21+,23+,24-,25-,26-,27-,28+,30+,32+,33-,34-/m1/s1. The Kier molecular flexibility index (Phi) is 6.14. The van der Waals surface area contributed by atoms with Gasteiger partial charge in [-0.15, -0.1) is 0 Å². The molecule has 0 radical (unpaired) electrons. The molecule has 4 aliphatic carbocycles. The number of hydrogen-bond acceptors (Lipinski definition) is 5. The van der Waals surface area contributed by atoms with Gasteiger partial charge in [-0.3, -0.25) is 4.79 Å². The average Bonchev–Trinajstić information content (AvgIpc) is 3.38. The van der Waals surface area contributed by atoms with Gasteiger partial charge in [0.2, 0.25) is 0 Å². The monoisotopic (exact) mass is 534 g/mol. The molecule has 2 aliphatic heterocycles. The van der Waals surface area contributed by atoms with Gasteiger partial charge in [-0.1, -0.05) is 45.9 Å². The van der Waals surface area contributed by atoms with Crippen LogP contribution in [0.2, 0.25) is 0 Å². The predicted molar refractivity (Wildman–Crippen MR) is 148 cm³/mol. The van der Waals surface area contributed by atoms with Gasteiger partial charge >= 0.3 is 5.97 Å². The fourth-order valence-corrected chi connectivity index (χ4v) is 10.8. The Labute approximate surface area is 233 Å². The second kappa shape index (κ2) is 9.14. The number of carbonyl (C=O) groups is 2. The highest BCUT2D eigenvalue weighted by molar-refractivity contribution is 5.89. The summed E-state index contributed by atoms with van der Waals surface area (Å²) >= 11 is 0. The molecule has 0 N–H and O–H groups in total. The van der Waals surface area contributed by atoms with Crippen LogP contribution in [0, 0.1) is 52.3 Å². The molecule has 0 unspecified atom stereocenters. The summed E-state index contributed by atoms with van der Waals surface area (Å²) in [6.45, 7) is 10.1. The molecule has 6 fully saturated rings. The molecule has 1 spiro atoms. The van der Waals surface area contributed by atoms with E-state index in [2.05, 4.69) is 27.7 Å². The quantitative estimate of drug-likeness (QED) is 0.389. The summed E-state index contributed by atoms with van der Waals surface area (Å²) in [6.07, 6.45) is 9.17. The minimum atomic E-state index is -0.480. The van der Waals surface area contributed by atoms with Crippen LogP contribution in [0.3, 0.4) is 0 Å². The Morgan fingerprint density at radius 2 is 1.77 bits per heavy atom. The van der Waals surface area contributed by atoms with Crippen LogP contribution in [-0.4, -0.2) is 36.4 Å². The minimum Gasteiger partial charge on any atom is -0.459 e. The molecule has 2 saturated heterocycles. The molecule has 0 amide bonds. The van der Waals surface area contributed by atoms with Gasteiger partial charge in [0.25, 0.3) is 0 Å². The number of rotatable bonds is 2. The average molecular weight is 535 g/mol. The molecule has 5 heteroatoms. The van der Waals surface area contributed by atoms with Crippen molar-refractivity contribution in [1.82, 2.24) is 0 Å². The number of ketones is 1. The normalized spacial score (nSPS) is 50.6. The first-order valence-corrected chi connectivity index (χ1v) is 15.8. The van der Waals surface area contributed by atoms with E-state index in [-0.39, 0.29) is 40.8 Å². The second-order valence-electron chi connectivity index (χ2n) is 14.7. The summed E-state index contributed by atoms with van der Waals surface area (Å²) in [6, 6.07) is 9.35. The third-order valence-electron chi connectivity index (χ3n) is 13.0. The van der Waals surface area contributed by atoms with Crippen LogP contribution in [0.15, 0.2) is 30.3 Å². The van der Waals surface area contributed by atoms with Crippen LogP contribution in [0.25, 0.3) is 0 Å². The lowest BCUT2D eigenvalue weighted by atomic mass is 9.44. The fraction of sp³-hybridized carbons (Fsp3) is 0.765. The summed E-state index contributed by atoms with van der Waals surface area (Å²) in [4.78, 5) is 27.0. The third kappa shape index (κ3) is 3.77. The smallest absolute Gasteiger partial charge is 0.338 e. The molecular weight excluding hydrogens is 488 g/mol. The number of carbonyl (C=O) groups excluding carboxylic acids is 2. The van der Waals surface area contributed by atoms with E-state index in [1.807, 2.05) is 30.3 Å². The van der Waals surface area contributed by atoms with Crippen molar-refractivity contribution in [3.63, 3.8) is 0 Å². The van der Waals surface area contributed by atoms with E-state index >= 15 is 0 Å². The molecule has 12 atom stereocenters. The predicted octanol–water partition coefficient (Wildman–Crippen LogP) is 6.84. The third-order valence-corrected chi connectivity index (χ3v) is 13.0. The molecule has 1 aromatic rings. The van der Waals surface area contributed by atoms with Gasteiger partial charge in [0.05, 0.1) is 18.3 Å². The van der Waals surface area contributed by atoms with Gasteiger partial charge in [0.1, 0.15) is 11.9 Å². The van der Waals surface area contributed by atoms with Crippen molar-refractivity contribution in [1.29, 1.82) is 0 Å². The number of benzene rings is 1. The van der Waals surface area contributed by atoms with Gasteiger partial charge in [-0.25, -0.2) is 4.79 Å². The van der Waals surface area contributed by atoms with Crippen molar-refractivity contribution in [3.8, 4) is 0 Å². The number of Topliss-reactive ketones (excluding diaryl/α,β-unsaturated/α-hetero) is 1.